The number of rotatable bonds is 3. The third-order valence-electron chi connectivity index (χ3n) is 2.66. The van der Waals surface area contributed by atoms with Gasteiger partial charge in [0.15, 0.2) is 0 Å². The second-order valence-electron chi connectivity index (χ2n) is 4.08. The van der Waals surface area contributed by atoms with Crippen molar-refractivity contribution in [2.45, 2.75) is 6.92 Å². The van der Waals surface area contributed by atoms with Crippen molar-refractivity contribution < 1.29 is 4.79 Å². The van der Waals surface area contributed by atoms with Gasteiger partial charge in [-0.2, -0.15) is 0 Å². The number of benzene rings is 1. The summed E-state index contributed by atoms with van der Waals surface area (Å²) in [7, 11) is 0. The van der Waals surface area contributed by atoms with Crippen molar-refractivity contribution in [1.82, 2.24) is 4.98 Å². The average Bonchev–Trinajstić information content (AvgIpc) is 2.43. The lowest BCUT2D eigenvalue weighted by atomic mass is 10.2. The van der Waals surface area contributed by atoms with Crippen molar-refractivity contribution in [2.75, 3.05) is 10.7 Å². The molecule has 0 bridgehead atoms. The van der Waals surface area contributed by atoms with Crippen LogP contribution in [0.15, 0.2) is 30.3 Å². The van der Waals surface area contributed by atoms with Crippen LogP contribution in [-0.4, -0.2) is 10.9 Å². The highest BCUT2D eigenvalue weighted by molar-refractivity contribution is 6.34. The summed E-state index contributed by atoms with van der Waals surface area (Å²) in [5, 5.41) is 3.49. The van der Waals surface area contributed by atoms with Gasteiger partial charge in [0, 0.05) is 10.7 Å². The Balaban J connectivity index is 2.30. The van der Waals surface area contributed by atoms with E-state index in [2.05, 4.69) is 15.7 Å². The first-order valence-corrected chi connectivity index (χ1v) is 6.47. The van der Waals surface area contributed by atoms with E-state index in [4.69, 9.17) is 29.0 Å². The average molecular weight is 311 g/mol. The van der Waals surface area contributed by atoms with Crippen LogP contribution >= 0.6 is 23.2 Å². The Bertz CT molecular complexity index is 661. The molecule has 4 N–H and O–H groups in total. The Morgan fingerprint density at radius 2 is 2.00 bits per heavy atom. The van der Waals surface area contributed by atoms with Gasteiger partial charge in [0.05, 0.1) is 5.02 Å². The van der Waals surface area contributed by atoms with Crippen LogP contribution in [0.1, 0.15) is 16.1 Å². The lowest BCUT2D eigenvalue weighted by Gasteiger charge is -2.10. The molecule has 1 aromatic carbocycles. The number of anilines is 2. The molecule has 0 spiro atoms. The standard InChI is InChI=1S/C13H12Cl2N4O/c1-7-2-3-8(14)6-10(7)17-13(20)12-9(15)4-5-11(18-12)19-16/h2-6H,16H2,1H3,(H,17,20)(H,18,19). The van der Waals surface area contributed by atoms with Gasteiger partial charge in [0.25, 0.3) is 5.91 Å². The summed E-state index contributed by atoms with van der Waals surface area (Å²) in [6.45, 7) is 1.86. The fourth-order valence-electron chi connectivity index (χ4n) is 1.59. The molecule has 7 heteroatoms. The summed E-state index contributed by atoms with van der Waals surface area (Å²) in [4.78, 5) is 16.2. The number of hydrazine groups is 1. The Morgan fingerprint density at radius 1 is 1.25 bits per heavy atom. The number of nitrogens with zero attached hydrogens (tertiary/aromatic N) is 1. The highest BCUT2D eigenvalue weighted by Crippen LogP contribution is 2.22. The maximum absolute atomic E-state index is 12.2. The van der Waals surface area contributed by atoms with Crippen molar-refractivity contribution >= 4 is 40.6 Å². The molecular formula is C13H12Cl2N4O. The van der Waals surface area contributed by atoms with Gasteiger partial charge in [0.1, 0.15) is 11.5 Å². The van der Waals surface area contributed by atoms with E-state index in [1.807, 2.05) is 13.0 Å². The van der Waals surface area contributed by atoms with Crippen LogP contribution < -0.4 is 16.6 Å². The number of halogens is 2. The van der Waals surface area contributed by atoms with Crippen molar-refractivity contribution in [3.05, 3.63) is 51.6 Å². The van der Waals surface area contributed by atoms with Crippen molar-refractivity contribution in [3.63, 3.8) is 0 Å². The molecule has 20 heavy (non-hydrogen) atoms. The van der Waals surface area contributed by atoms with E-state index in [1.165, 1.54) is 0 Å². The molecule has 0 fully saturated rings. The third-order valence-corrected chi connectivity index (χ3v) is 3.20. The van der Waals surface area contributed by atoms with E-state index in [-0.39, 0.29) is 10.7 Å². The first-order chi connectivity index (χ1) is 9.51. The maximum atomic E-state index is 12.2. The van der Waals surface area contributed by atoms with Gasteiger partial charge in [-0.1, -0.05) is 29.3 Å². The highest BCUT2D eigenvalue weighted by atomic mass is 35.5. The number of nitrogens with two attached hydrogens (primary N) is 1. The van der Waals surface area contributed by atoms with Gasteiger partial charge in [0.2, 0.25) is 0 Å². The number of nitrogens with one attached hydrogen (secondary N) is 2. The zero-order chi connectivity index (χ0) is 14.7. The fraction of sp³-hybridized carbons (Fsp3) is 0.0769. The summed E-state index contributed by atoms with van der Waals surface area (Å²) in [5.74, 6) is 5.18. The number of hydrogen-bond acceptors (Lipinski definition) is 4. The number of aryl methyl sites for hydroxylation is 1. The van der Waals surface area contributed by atoms with Crippen molar-refractivity contribution in [2.24, 2.45) is 5.84 Å². The number of pyridine rings is 1. The zero-order valence-electron chi connectivity index (χ0n) is 10.6. The number of carbonyl (C=O) groups is 1. The monoisotopic (exact) mass is 310 g/mol. The molecule has 0 radical (unpaired) electrons. The minimum Gasteiger partial charge on any atom is -0.320 e. The Morgan fingerprint density at radius 3 is 2.70 bits per heavy atom. The number of hydrogen-bond donors (Lipinski definition) is 3. The number of nitrogen functional groups attached to an aromatic ring is 1. The molecule has 0 saturated heterocycles. The smallest absolute Gasteiger partial charge is 0.275 e. The molecule has 0 saturated carbocycles. The Labute approximate surface area is 126 Å². The normalized spacial score (nSPS) is 10.2. The van der Waals surface area contributed by atoms with Crippen LogP contribution in [0.25, 0.3) is 0 Å². The lowest BCUT2D eigenvalue weighted by Crippen LogP contribution is -2.17. The second kappa shape index (κ2) is 6.09. The molecule has 0 unspecified atom stereocenters. The molecule has 2 rings (SSSR count). The zero-order valence-corrected chi connectivity index (χ0v) is 12.1. The molecule has 0 aliphatic carbocycles. The Hall–Kier alpha value is -1.82. The van der Waals surface area contributed by atoms with Crippen LogP contribution in [0.3, 0.4) is 0 Å². The number of aromatic nitrogens is 1. The van der Waals surface area contributed by atoms with Crippen LogP contribution in [0, 0.1) is 6.92 Å². The number of carbonyl (C=O) groups excluding carboxylic acids is 1. The molecule has 0 aliphatic rings. The third kappa shape index (κ3) is 3.19. The van der Waals surface area contributed by atoms with Gasteiger partial charge in [-0.3, -0.25) is 4.79 Å². The molecule has 104 valence electrons. The predicted molar refractivity (Wildman–Crippen MR) is 81.2 cm³/mol. The first kappa shape index (κ1) is 14.6. The minimum atomic E-state index is -0.433. The van der Waals surface area contributed by atoms with Gasteiger partial charge in [-0.25, -0.2) is 10.8 Å². The van der Waals surface area contributed by atoms with E-state index < -0.39 is 5.91 Å². The summed E-state index contributed by atoms with van der Waals surface area (Å²) < 4.78 is 0. The highest BCUT2D eigenvalue weighted by Gasteiger charge is 2.14. The van der Waals surface area contributed by atoms with E-state index in [0.717, 1.165) is 5.56 Å². The van der Waals surface area contributed by atoms with Gasteiger partial charge < -0.3 is 10.7 Å². The largest absolute Gasteiger partial charge is 0.320 e. The predicted octanol–water partition coefficient (Wildman–Crippen LogP) is 3.23. The quantitative estimate of drug-likeness (QED) is 0.600. The van der Waals surface area contributed by atoms with Gasteiger partial charge in [-0.05, 0) is 36.8 Å². The lowest BCUT2D eigenvalue weighted by molar-refractivity contribution is 0.102. The van der Waals surface area contributed by atoms with Gasteiger partial charge >= 0.3 is 0 Å². The van der Waals surface area contributed by atoms with Crippen molar-refractivity contribution in [3.8, 4) is 0 Å². The van der Waals surface area contributed by atoms with Crippen LogP contribution in [-0.2, 0) is 0 Å². The van der Waals surface area contributed by atoms with E-state index in [9.17, 15) is 4.79 Å². The van der Waals surface area contributed by atoms with Crippen molar-refractivity contribution in [1.29, 1.82) is 0 Å². The summed E-state index contributed by atoms with van der Waals surface area (Å²) in [6, 6.07) is 8.34. The van der Waals surface area contributed by atoms with E-state index in [1.54, 1.807) is 24.3 Å². The summed E-state index contributed by atoms with van der Waals surface area (Å²) in [6.07, 6.45) is 0. The van der Waals surface area contributed by atoms with Crippen LogP contribution in [0.5, 0.6) is 0 Å². The Kier molecular flexibility index (Phi) is 4.44. The van der Waals surface area contributed by atoms with E-state index in [0.29, 0.717) is 16.5 Å². The SMILES string of the molecule is Cc1ccc(Cl)cc1NC(=O)c1nc(NN)ccc1Cl. The molecule has 1 amide bonds. The molecular weight excluding hydrogens is 299 g/mol. The fourth-order valence-corrected chi connectivity index (χ4v) is 1.96. The summed E-state index contributed by atoms with van der Waals surface area (Å²) in [5.41, 5.74) is 3.93. The summed E-state index contributed by atoms with van der Waals surface area (Å²) >= 11 is 11.9. The van der Waals surface area contributed by atoms with E-state index >= 15 is 0 Å². The minimum absolute atomic E-state index is 0.0847. The molecule has 1 aromatic heterocycles. The molecule has 1 heterocycles. The molecule has 0 atom stereocenters. The second-order valence-corrected chi connectivity index (χ2v) is 4.93. The topological polar surface area (TPSA) is 80.0 Å². The van der Waals surface area contributed by atoms with Crippen LogP contribution in [0.2, 0.25) is 10.0 Å². The van der Waals surface area contributed by atoms with Gasteiger partial charge in [-0.15, -0.1) is 0 Å². The van der Waals surface area contributed by atoms with Crippen LogP contribution in [0.4, 0.5) is 11.5 Å². The maximum Gasteiger partial charge on any atom is 0.275 e. The number of amides is 1. The first-order valence-electron chi connectivity index (χ1n) is 5.72. The molecule has 2 aromatic rings. The molecule has 5 nitrogen and oxygen atoms in total. The molecule has 0 aliphatic heterocycles.